The molecule has 20 heavy (non-hydrogen) atoms. The maximum atomic E-state index is 12.2. The Morgan fingerprint density at radius 2 is 2.10 bits per heavy atom. The summed E-state index contributed by atoms with van der Waals surface area (Å²) >= 11 is 3.25. The molecule has 0 aliphatic carbocycles. The van der Waals surface area contributed by atoms with Crippen LogP contribution in [-0.2, 0) is 14.8 Å². The van der Waals surface area contributed by atoms with Gasteiger partial charge in [-0.15, -0.1) is 0 Å². The zero-order valence-corrected chi connectivity index (χ0v) is 13.8. The van der Waals surface area contributed by atoms with Gasteiger partial charge in [-0.2, -0.15) is 0 Å². The molecule has 0 bridgehead atoms. The Morgan fingerprint density at radius 1 is 1.45 bits per heavy atom. The van der Waals surface area contributed by atoms with Gasteiger partial charge in [0.05, 0.1) is 4.90 Å². The summed E-state index contributed by atoms with van der Waals surface area (Å²) in [6.07, 6.45) is 0.558. The first-order chi connectivity index (χ1) is 9.26. The molecule has 0 radical (unpaired) electrons. The van der Waals surface area contributed by atoms with Gasteiger partial charge in [0.25, 0.3) is 0 Å². The highest BCUT2D eigenvalue weighted by Gasteiger charge is 2.19. The van der Waals surface area contributed by atoms with Gasteiger partial charge in [0.15, 0.2) is 0 Å². The number of carboxylic acid groups (broad SMARTS) is 1. The van der Waals surface area contributed by atoms with Crippen molar-refractivity contribution in [1.29, 1.82) is 0 Å². The quantitative estimate of drug-likeness (QED) is 0.779. The summed E-state index contributed by atoms with van der Waals surface area (Å²) in [6, 6.07) is 5.02. The van der Waals surface area contributed by atoms with Crippen LogP contribution in [0.1, 0.15) is 25.3 Å². The molecule has 0 saturated heterocycles. The summed E-state index contributed by atoms with van der Waals surface area (Å²) in [7, 11) is -3.63. The van der Waals surface area contributed by atoms with Gasteiger partial charge < -0.3 is 5.11 Å². The maximum absolute atomic E-state index is 12.2. The number of aryl methyl sites for hydroxylation is 1. The summed E-state index contributed by atoms with van der Waals surface area (Å²) in [4.78, 5) is 10.9. The van der Waals surface area contributed by atoms with E-state index in [1.165, 1.54) is 6.07 Å². The number of halogens is 1. The lowest BCUT2D eigenvalue weighted by atomic mass is 10.0. The Kier molecular flexibility index (Phi) is 6.16. The molecule has 1 unspecified atom stereocenters. The maximum Gasteiger partial charge on any atom is 0.303 e. The van der Waals surface area contributed by atoms with Crippen molar-refractivity contribution in [3.05, 3.63) is 28.2 Å². The van der Waals surface area contributed by atoms with Crippen molar-refractivity contribution in [2.45, 2.75) is 31.6 Å². The van der Waals surface area contributed by atoms with Crippen LogP contribution in [-0.4, -0.2) is 26.0 Å². The molecular formula is C13H18BrNO4S. The number of rotatable bonds is 7. The molecule has 5 nitrogen and oxygen atoms in total. The Balaban J connectivity index is 2.84. The molecule has 0 aliphatic heterocycles. The van der Waals surface area contributed by atoms with Gasteiger partial charge in [-0.3, -0.25) is 4.79 Å². The van der Waals surface area contributed by atoms with E-state index in [-0.39, 0.29) is 23.8 Å². The van der Waals surface area contributed by atoms with Crippen LogP contribution < -0.4 is 4.72 Å². The highest BCUT2D eigenvalue weighted by molar-refractivity contribution is 9.10. The molecule has 1 aromatic carbocycles. The molecule has 1 aromatic rings. The molecule has 1 rings (SSSR count). The van der Waals surface area contributed by atoms with Crippen LogP contribution in [0.4, 0.5) is 0 Å². The van der Waals surface area contributed by atoms with Gasteiger partial charge in [-0.1, -0.05) is 35.3 Å². The zero-order chi connectivity index (χ0) is 15.3. The van der Waals surface area contributed by atoms with Crippen LogP contribution in [0.15, 0.2) is 27.6 Å². The predicted molar refractivity (Wildman–Crippen MR) is 80.1 cm³/mol. The molecule has 0 fully saturated rings. The number of carbonyl (C=O) groups is 1. The van der Waals surface area contributed by atoms with Crippen molar-refractivity contribution in [3.63, 3.8) is 0 Å². The van der Waals surface area contributed by atoms with Gasteiger partial charge in [0, 0.05) is 17.4 Å². The lowest BCUT2D eigenvalue weighted by Gasteiger charge is -2.15. The third-order valence-corrected chi connectivity index (χ3v) is 5.10. The Hall–Kier alpha value is -0.920. The zero-order valence-electron chi connectivity index (χ0n) is 11.4. The van der Waals surface area contributed by atoms with E-state index < -0.39 is 16.0 Å². The van der Waals surface area contributed by atoms with Crippen LogP contribution in [0.25, 0.3) is 0 Å². The molecule has 0 amide bonds. The number of hydrogen-bond acceptors (Lipinski definition) is 3. The van der Waals surface area contributed by atoms with Crippen LogP contribution in [0.3, 0.4) is 0 Å². The van der Waals surface area contributed by atoms with Crippen molar-refractivity contribution in [2.24, 2.45) is 5.92 Å². The smallest absolute Gasteiger partial charge is 0.303 e. The summed E-state index contributed by atoms with van der Waals surface area (Å²) < 4.78 is 27.6. The highest BCUT2D eigenvalue weighted by atomic mass is 79.9. The van der Waals surface area contributed by atoms with Gasteiger partial charge in [-0.05, 0) is 30.5 Å². The Morgan fingerprint density at radius 3 is 2.65 bits per heavy atom. The number of sulfonamides is 1. The predicted octanol–water partition coefficient (Wildman–Crippen LogP) is 2.54. The first kappa shape index (κ1) is 17.1. The molecule has 0 spiro atoms. The molecule has 0 heterocycles. The van der Waals surface area contributed by atoms with Crippen molar-refractivity contribution in [2.75, 3.05) is 6.54 Å². The summed E-state index contributed by atoms with van der Waals surface area (Å²) in [5, 5.41) is 8.76. The Labute approximate surface area is 127 Å². The fourth-order valence-corrected chi connectivity index (χ4v) is 3.67. The van der Waals surface area contributed by atoms with Crippen molar-refractivity contribution in [3.8, 4) is 0 Å². The third-order valence-electron chi connectivity index (χ3n) is 3.04. The van der Waals surface area contributed by atoms with Crippen LogP contribution in [0.2, 0.25) is 0 Å². The van der Waals surface area contributed by atoms with E-state index in [0.29, 0.717) is 16.5 Å². The molecular weight excluding hydrogens is 346 g/mol. The minimum atomic E-state index is -3.63. The molecule has 2 N–H and O–H groups in total. The molecule has 0 aromatic heterocycles. The van der Waals surface area contributed by atoms with Crippen molar-refractivity contribution in [1.82, 2.24) is 4.72 Å². The second-order valence-corrected chi connectivity index (χ2v) is 7.28. The number of hydrogen-bond donors (Lipinski definition) is 2. The van der Waals surface area contributed by atoms with E-state index in [9.17, 15) is 13.2 Å². The third kappa shape index (κ3) is 4.88. The molecule has 0 saturated carbocycles. The topological polar surface area (TPSA) is 83.5 Å². The number of benzene rings is 1. The Bertz CT molecular complexity index is 586. The monoisotopic (exact) mass is 363 g/mol. The van der Waals surface area contributed by atoms with Gasteiger partial charge in [0.1, 0.15) is 0 Å². The second kappa shape index (κ2) is 7.19. The lowest BCUT2D eigenvalue weighted by molar-refractivity contribution is -0.138. The number of carboxylic acids is 1. The minimum absolute atomic E-state index is 0.0452. The normalized spacial score (nSPS) is 13.2. The molecule has 7 heteroatoms. The van der Waals surface area contributed by atoms with Gasteiger partial charge >= 0.3 is 5.97 Å². The second-order valence-electron chi connectivity index (χ2n) is 4.63. The SMILES string of the molecule is CCC(CNS(=O)(=O)c1cc(Br)ccc1C)CC(=O)O. The summed E-state index contributed by atoms with van der Waals surface area (Å²) in [5.74, 6) is -1.13. The number of aliphatic carboxylic acids is 1. The lowest BCUT2D eigenvalue weighted by Crippen LogP contribution is -2.30. The molecule has 112 valence electrons. The first-order valence-electron chi connectivity index (χ1n) is 6.24. The van der Waals surface area contributed by atoms with E-state index >= 15 is 0 Å². The average Bonchev–Trinajstić information content (AvgIpc) is 2.36. The van der Waals surface area contributed by atoms with Crippen molar-refractivity contribution < 1.29 is 18.3 Å². The molecule has 0 aliphatic rings. The van der Waals surface area contributed by atoms with Crippen LogP contribution >= 0.6 is 15.9 Å². The average molecular weight is 364 g/mol. The number of nitrogens with one attached hydrogen (secondary N) is 1. The minimum Gasteiger partial charge on any atom is -0.481 e. The van der Waals surface area contributed by atoms with Crippen molar-refractivity contribution >= 4 is 31.9 Å². The van der Waals surface area contributed by atoms with E-state index in [1.807, 2.05) is 6.92 Å². The standard InChI is InChI=1S/C13H18BrNO4S/c1-3-10(6-13(16)17)8-15-20(18,19)12-7-11(14)5-4-9(12)2/h4-5,7,10,15H,3,6,8H2,1-2H3,(H,16,17). The van der Waals surface area contributed by atoms with Gasteiger partial charge in [0.2, 0.25) is 10.0 Å². The van der Waals surface area contributed by atoms with E-state index in [4.69, 9.17) is 5.11 Å². The van der Waals surface area contributed by atoms with Gasteiger partial charge in [-0.25, -0.2) is 13.1 Å². The van der Waals surface area contributed by atoms with Crippen LogP contribution in [0.5, 0.6) is 0 Å². The summed E-state index contributed by atoms with van der Waals surface area (Å²) in [6.45, 7) is 3.68. The summed E-state index contributed by atoms with van der Waals surface area (Å²) in [5.41, 5.74) is 0.645. The highest BCUT2D eigenvalue weighted by Crippen LogP contribution is 2.20. The van der Waals surface area contributed by atoms with E-state index in [2.05, 4.69) is 20.7 Å². The van der Waals surface area contributed by atoms with Crippen LogP contribution in [0, 0.1) is 12.8 Å². The van der Waals surface area contributed by atoms with E-state index in [0.717, 1.165) is 0 Å². The first-order valence-corrected chi connectivity index (χ1v) is 8.51. The largest absolute Gasteiger partial charge is 0.481 e. The van der Waals surface area contributed by atoms with E-state index in [1.54, 1.807) is 19.1 Å². The molecule has 1 atom stereocenters. The fourth-order valence-electron chi connectivity index (χ4n) is 1.78. The fraction of sp³-hybridized carbons (Fsp3) is 0.462.